The quantitative estimate of drug-likeness (QED) is 0.749. The average Bonchev–Trinajstić information content (AvgIpc) is 2.71. The summed E-state index contributed by atoms with van der Waals surface area (Å²) in [5, 5.41) is 0. The molecule has 1 saturated heterocycles. The summed E-state index contributed by atoms with van der Waals surface area (Å²) >= 11 is 5.71. The van der Waals surface area contributed by atoms with Gasteiger partial charge in [0.1, 0.15) is 11.6 Å². The number of nitrogens with zero attached hydrogens (tertiary/aromatic N) is 1. The van der Waals surface area contributed by atoms with Crippen molar-refractivity contribution in [3.63, 3.8) is 0 Å². The molecule has 1 unspecified atom stereocenters. The van der Waals surface area contributed by atoms with E-state index >= 15 is 0 Å². The van der Waals surface area contributed by atoms with E-state index in [0.717, 1.165) is 32.0 Å². The number of hydrogen-bond donors (Lipinski definition) is 0. The lowest BCUT2D eigenvalue weighted by Crippen LogP contribution is -2.21. The standard InChI is InChI=1S/C13H16ClF2N/c14-5-3-10-4-6-17(8-10)9-11-1-2-12(15)7-13(11)16/h1-2,7,10H,3-6,8-9H2. The summed E-state index contributed by atoms with van der Waals surface area (Å²) < 4.78 is 26.2. The molecular formula is C13H16ClF2N. The van der Waals surface area contributed by atoms with Gasteiger partial charge in [-0.05, 0) is 31.4 Å². The van der Waals surface area contributed by atoms with Crippen LogP contribution < -0.4 is 0 Å². The zero-order chi connectivity index (χ0) is 12.3. The van der Waals surface area contributed by atoms with E-state index in [0.29, 0.717) is 23.9 Å². The highest BCUT2D eigenvalue weighted by atomic mass is 35.5. The normalized spacial score (nSPS) is 21.0. The average molecular weight is 260 g/mol. The SMILES string of the molecule is Fc1ccc(CN2CCC(CCCl)C2)c(F)c1. The van der Waals surface area contributed by atoms with Crippen LogP contribution in [0.2, 0.25) is 0 Å². The van der Waals surface area contributed by atoms with E-state index in [9.17, 15) is 8.78 Å². The van der Waals surface area contributed by atoms with Gasteiger partial charge in [0.05, 0.1) is 0 Å². The second-order valence-electron chi connectivity index (χ2n) is 4.60. The lowest BCUT2D eigenvalue weighted by molar-refractivity contribution is 0.310. The van der Waals surface area contributed by atoms with E-state index in [1.807, 2.05) is 0 Å². The van der Waals surface area contributed by atoms with Gasteiger partial charge in [0.25, 0.3) is 0 Å². The fourth-order valence-corrected chi connectivity index (χ4v) is 2.65. The smallest absolute Gasteiger partial charge is 0.130 e. The minimum atomic E-state index is -0.521. The Bertz CT molecular complexity index is 384. The summed E-state index contributed by atoms with van der Waals surface area (Å²) in [6.07, 6.45) is 2.14. The van der Waals surface area contributed by atoms with Gasteiger partial charge in [-0.15, -0.1) is 11.6 Å². The molecule has 1 aliphatic heterocycles. The van der Waals surface area contributed by atoms with Crippen molar-refractivity contribution in [3.05, 3.63) is 35.4 Å². The molecule has 0 radical (unpaired) electrons. The Hall–Kier alpha value is -0.670. The van der Waals surface area contributed by atoms with Crippen molar-refractivity contribution >= 4 is 11.6 Å². The molecular weight excluding hydrogens is 244 g/mol. The molecule has 94 valence electrons. The summed E-state index contributed by atoms with van der Waals surface area (Å²) in [6, 6.07) is 3.78. The molecule has 1 aromatic carbocycles. The highest BCUT2D eigenvalue weighted by Gasteiger charge is 2.22. The van der Waals surface area contributed by atoms with Crippen LogP contribution in [0.15, 0.2) is 18.2 Å². The number of alkyl halides is 1. The summed E-state index contributed by atoms with van der Waals surface area (Å²) in [6.45, 7) is 2.49. The van der Waals surface area contributed by atoms with Crippen LogP contribution in [-0.2, 0) is 6.54 Å². The van der Waals surface area contributed by atoms with Crippen molar-refractivity contribution in [2.75, 3.05) is 19.0 Å². The minimum absolute atomic E-state index is 0.453. The Balaban J connectivity index is 1.93. The summed E-state index contributed by atoms with van der Waals surface area (Å²) in [5.41, 5.74) is 0.568. The third-order valence-corrected chi connectivity index (χ3v) is 3.51. The highest BCUT2D eigenvalue weighted by Crippen LogP contribution is 2.22. The van der Waals surface area contributed by atoms with Crippen LogP contribution in [0, 0.1) is 17.6 Å². The molecule has 17 heavy (non-hydrogen) atoms. The molecule has 0 bridgehead atoms. The van der Waals surface area contributed by atoms with E-state index in [4.69, 9.17) is 11.6 Å². The molecule has 1 aliphatic rings. The Kier molecular flexibility index (Phi) is 4.35. The Morgan fingerprint density at radius 2 is 2.18 bits per heavy atom. The fraction of sp³-hybridized carbons (Fsp3) is 0.538. The van der Waals surface area contributed by atoms with E-state index in [1.165, 1.54) is 12.1 Å². The third-order valence-electron chi connectivity index (χ3n) is 3.30. The van der Waals surface area contributed by atoms with Crippen molar-refractivity contribution in [1.29, 1.82) is 0 Å². The maximum Gasteiger partial charge on any atom is 0.130 e. The number of benzene rings is 1. The summed E-state index contributed by atoms with van der Waals surface area (Å²) in [5.74, 6) is 0.332. The molecule has 1 aromatic rings. The topological polar surface area (TPSA) is 3.24 Å². The van der Waals surface area contributed by atoms with Crippen molar-refractivity contribution < 1.29 is 8.78 Å². The van der Waals surface area contributed by atoms with Gasteiger partial charge >= 0.3 is 0 Å². The van der Waals surface area contributed by atoms with Gasteiger partial charge in [-0.2, -0.15) is 0 Å². The molecule has 0 amide bonds. The molecule has 1 heterocycles. The number of rotatable bonds is 4. The van der Waals surface area contributed by atoms with Crippen molar-refractivity contribution in [2.24, 2.45) is 5.92 Å². The van der Waals surface area contributed by atoms with E-state index < -0.39 is 11.6 Å². The molecule has 0 saturated carbocycles. The first-order valence-corrected chi connectivity index (χ1v) is 6.44. The predicted octanol–water partition coefficient (Wildman–Crippen LogP) is 3.42. The fourth-order valence-electron chi connectivity index (χ4n) is 2.34. The molecule has 2 rings (SSSR count). The van der Waals surface area contributed by atoms with Crippen LogP contribution >= 0.6 is 11.6 Å². The second kappa shape index (κ2) is 5.78. The van der Waals surface area contributed by atoms with Gasteiger partial charge in [-0.1, -0.05) is 6.07 Å². The molecule has 1 fully saturated rings. The minimum Gasteiger partial charge on any atom is -0.299 e. The van der Waals surface area contributed by atoms with Crippen LogP contribution in [0.1, 0.15) is 18.4 Å². The predicted molar refractivity (Wildman–Crippen MR) is 65.1 cm³/mol. The third kappa shape index (κ3) is 3.39. The van der Waals surface area contributed by atoms with Crippen molar-refractivity contribution in [2.45, 2.75) is 19.4 Å². The zero-order valence-corrected chi connectivity index (χ0v) is 10.4. The number of hydrogen-bond acceptors (Lipinski definition) is 1. The molecule has 1 atom stereocenters. The van der Waals surface area contributed by atoms with Crippen LogP contribution in [0.5, 0.6) is 0 Å². The lowest BCUT2D eigenvalue weighted by Gasteiger charge is -2.16. The van der Waals surface area contributed by atoms with Gasteiger partial charge in [0, 0.05) is 30.6 Å². The Labute approximate surface area is 105 Å². The Morgan fingerprint density at radius 1 is 1.35 bits per heavy atom. The lowest BCUT2D eigenvalue weighted by atomic mass is 10.1. The van der Waals surface area contributed by atoms with Crippen molar-refractivity contribution in [1.82, 2.24) is 4.90 Å². The first kappa shape index (κ1) is 12.8. The van der Waals surface area contributed by atoms with E-state index in [1.54, 1.807) is 0 Å². The first-order valence-electron chi connectivity index (χ1n) is 5.91. The first-order chi connectivity index (χ1) is 8.19. The number of likely N-dealkylation sites (tertiary alicyclic amines) is 1. The zero-order valence-electron chi connectivity index (χ0n) is 9.63. The second-order valence-corrected chi connectivity index (χ2v) is 4.98. The monoisotopic (exact) mass is 259 g/mol. The number of halogens is 3. The maximum absolute atomic E-state index is 13.5. The van der Waals surface area contributed by atoms with E-state index in [-0.39, 0.29) is 0 Å². The Morgan fingerprint density at radius 3 is 2.88 bits per heavy atom. The molecule has 0 spiro atoms. The van der Waals surface area contributed by atoms with E-state index in [2.05, 4.69) is 4.90 Å². The van der Waals surface area contributed by atoms with Gasteiger partial charge in [0.15, 0.2) is 0 Å². The molecule has 0 aromatic heterocycles. The van der Waals surface area contributed by atoms with Gasteiger partial charge < -0.3 is 0 Å². The van der Waals surface area contributed by atoms with Crippen LogP contribution in [0.3, 0.4) is 0 Å². The summed E-state index contributed by atoms with van der Waals surface area (Å²) in [4.78, 5) is 2.20. The largest absolute Gasteiger partial charge is 0.299 e. The van der Waals surface area contributed by atoms with Gasteiger partial charge in [0.2, 0.25) is 0 Å². The van der Waals surface area contributed by atoms with Crippen LogP contribution in [-0.4, -0.2) is 23.9 Å². The molecule has 0 aliphatic carbocycles. The van der Waals surface area contributed by atoms with Crippen LogP contribution in [0.25, 0.3) is 0 Å². The molecule has 4 heteroatoms. The van der Waals surface area contributed by atoms with Gasteiger partial charge in [-0.25, -0.2) is 8.78 Å². The highest BCUT2D eigenvalue weighted by molar-refractivity contribution is 6.17. The maximum atomic E-state index is 13.5. The molecule has 0 N–H and O–H groups in total. The molecule has 1 nitrogen and oxygen atoms in total. The van der Waals surface area contributed by atoms with Crippen LogP contribution in [0.4, 0.5) is 8.78 Å². The van der Waals surface area contributed by atoms with Gasteiger partial charge in [-0.3, -0.25) is 4.90 Å². The summed E-state index contributed by atoms with van der Waals surface area (Å²) in [7, 11) is 0. The van der Waals surface area contributed by atoms with Crippen molar-refractivity contribution in [3.8, 4) is 0 Å².